The second-order valence-electron chi connectivity index (χ2n) is 8.59. The molecule has 0 saturated carbocycles. The maximum absolute atomic E-state index is 11.9. The highest BCUT2D eigenvalue weighted by molar-refractivity contribution is 6.00. The summed E-state index contributed by atoms with van der Waals surface area (Å²) in [6.07, 6.45) is 3.98. The fourth-order valence-electron chi connectivity index (χ4n) is 4.11. The van der Waals surface area contributed by atoms with E-state index in [1.165, 1.54) is 12.7 Å². The number of nitrogens with zero attached hydrogens (tertiary/aromatic N) is 2. The predicted octanol–water partition coefficient (Wildman–Crippen LogP) is 7.33. The fourth-order valence-corrected chi connectivity index (χ4v) is 4.11. The predicted molar refractivity (Wildman–Crippen MR) is 144 cm³/mol. The van der Waals surface area contributed by atoms with Crippen LogP contribution in [0.15, 0.2) is 108 Å². The first-order valence-electron chi connectivity index (χ1n) is 11.7. The van der Waals surface area contributed by atoms with Crippen LogP contribution >= 0.6 is 0 Å². The molecule has 36 heavy (non-hydrogen) atoms. The number of esters is 1. The Labute approximate surface area is 210 Å². The molecule has 5 aromatic rings. The zero-order valence-electron chi connectivity index (χ0n) is 20.2. The summed E-state index contributed by atoms with van der Waals surface area (Å²) in [5.41, 5.74) is 5.73. The minimum absolute atomic E-state index is 0.336. The molecule has 0 aliphatic rings. The Morgan fingerprint density at radius 3 is 2.36 bits per heavy atom. The van der Waals surface area contributed by atoms with Gasteiger partial charge in [-0.3, -0.25) is 4.99 Å². The van der Waals surface area contributed by atoms with Crippen LogP contribution in [-0.2, 0) is 11.3 Å². The lowest BCUT2D eigenvalue weighted by molar-refractivity contribution is 0.0600. The van der Waals surface area contributed by atoms with Crippen molar-refractivity contribution in [1.82, 2.24) is 4.57 Å². The van der Waals surface area contributed by atoms with E-state index in [0.29, 0.717) is 12.1 Å². The van der Waals surface area contributed by atoms with Gasteiger partial charge in [-0.25, -0.2) is 4.79 Å². The van der Waals surface area contributed by atoms with Crippen LogP contribution in [0.3, 0.4) is 0 Å². The highest BCUT2D eigenvalue weighted by Crippen LogP contribution is 2.26. The number of carbonyl (C=O) groups excluding carboxylic acids is 1. The van der Waals surface area contributed by atoms with Gasteiger partial charge in [0, 0.05) is 35.4 Å². The van der Waals surface area contributed by atoms with Crippen molar-refractivity contribution in [3.8, 4) is 11.5 Å². The topological polar surface area (TPSA) is 52.8 Å². The van der Waals surface area contributed by atoms with Crippen LogP contribution in [-0.4, -0.2) is 23.9 Å². The number of rotatable bonds is 7. The second kappa shape index (κ2) is 10.3. The molecule has 5 rings (SSSR count). The highest BCUT2D eigenvalue weighted by Gasteiger charge is 2.10. The van der Waals surface area contributed by atoms with Gasteiger partial charge in [-0.2, -0.15) is 0 Å². The molecule has 0 N–H and O–H groups in total. The second-order valence-corrected chi connectivity index (χ2v) is 8.59. The fraction of sp³-hybridized carbons (Fsp3) is 0.0968. The molecule has 178 valence electrons. The van der Waals surface area contributed by atoms with Crippen LogP contribution in [0.2, 0.25) is 0 Å². The third kappa shape index (κ3) is 5.20. The molecule has 0 fully saturated rings. The van der Waals surface area contributed by atoms with Crippen LogP contribution in [0.25, 0.3) is 10.9 Å². The standard InChI is InChI=1S/C31H26N2O3/c1-22-10-14-27(15-11-22)36-28-16-12-26(13-17-28)32-19-25-21-33(30-9-4-3-8-29(25)30)20-23-6-5-7-24(18-23)31(34)35-2/h3-19,21H,20H2,1-2H3. The zero-order chi connectivity index (χ0) is 24.9. The maximum atomic E-state index is 11.9. The molecule has 1 aromatic heterocycles. The van der Waals surface area contributed by atoms with E-state index >= 15 is 0 Å². The van der Waals surface area contributed by atoms with Crippen LogP contribution < -0.4 is 4.74 Å². The zero-order valence-corrected chi connectivity index (χ0v) is 20.2. The summed E-state index contributed by atoms with van der Waals surface area (Å²) < 4.78 is 12.9. The monoisotopic (exact) mass is 474 g/mol. The van der Waals surface area contributed by atoms with Gasteiger partial charge in [0.25, 0.3) is 0 Å². The molecule has 0 amide bonds. The first kappa shape index (κ1) is 23.1. The summed E-state index contributed by atoms with van der Waals surface area (Å²) in [6.45, 7) is 2.68. The first-order chi connectivity index (χ1) is 17.6. The molecule has 5 heteroatoms. The number of methoxy groups -OCH3 is 1. The van der Waals surface area contributed by atoms with E-state index < -0.39 is 0 Å². The summed E-state index contributed by atoms with van der Waals surface area (Å²) in [4.78, 5) is 16.6. The van der Waals surface area contributed by atoms with E-state index in [4.69, 9.17) is 14.5 Å². The number of fused-ring (bicyclic) bond motifs is 1. The SMILES string of the molecule is COC(=O)c1cccc(Cn2cc(C=Nc3ccc(Oc4ccc(C)cc4)cc3)c3ccccc32)c1. The number of benzene rings is 4. The van der Waals surface area contributed by atoms with Crippen LogP contribution in [0.4, 0.5) is 5.69 Å². The molecule has 4 aromatic carbocycles. The van der Waals surface area contributed by atoms with Crippen molar-refractivity contribution in [2.24, 2.45) is 4.99 Å². The third-order valence-corrected chi connectivity index (χ3v) is 5.97. The number of hydrogen-bond donors (Lipinski definition) is 0. The Morgan fingerprint density at radius 1 is 0.889 bits per heavy atom. The molecule has 5 nitrogen and oxygen atoms in total. The van der Waals surface area contributed by atoms with Crippen LogP contribution in [0.1, 0.15) is 27.0 Å². The summed E-state index contributed by atoms with van der Waals surface area (Å²) in [5.74, 6) is 1.24. The van der Waals surface area contributed by atoms with Crippen LogP contribution in [0.5, 0.6) is 11.5 Å². The van der Waals surface area contributed by atoms with Gasteiger partial charge >= 0.3 is 5.97 Å². The summed E-state index contributed by atoms with van der Waals surface area (Å²) in [5, 5.41) is 1.12. The van der Waals surface area contributed by atoms with E-state index in [1.54, 1.807) is 6.07 Å². The largest absolute Gasteiger partial charge is 0.465 e. The van der Waals surface area contributed by atoms with Gasteiger partial charge in [-0.1, -0.05) is 48.0 Å². The molecule has 0 unspecified atom stereocenters. The lowest BCUT2D eigenvalue weighted by atomic mass is 10.1. The van der Waals surface area contributed by atoms with Gasteiger partial charge in [-0.15, -0.1) is 0 Å². The Balaban J connectivity index is 1.36. The smallest absolute Gasteiger partial charge is 0.337 e. The molecule has 1 heterocycles. The minimum atomic E-state index is -0.336. The Kier molecular flexibility index (Phi) is 6.63. The van der Waals surface area contributed by atoms with Crippen molar-refractivity contribution in [2.45, 2.75) is 13.5 Å². The van der Waals surface area contributed by atoms with Crippen molar-refractivity contribution >= 4 is 28.8 Å². The third-order valence-electron chi connectivity index (χ3n) is 5.97. The maximum Gasteiger partial charge on any atom is 0.337 e. The number of aliphatic imine (C=N–C) groups is 1. The van der Waals surface area contributed by atoms with Crippen molar-refractivity contribution in [3.63, 3.8) is 0 Å². The van der Waals surface area contributed by atoms with Gasteiger partial charge in [-0.05, 0) is 67.1 Å². The number of carbonyl (C=O) groups is 1. The molecule has 0 aliphatic carbocycles. The molecule has 0 saturated heterocycles. The van der Waals surface area contributed by atoms with E-state index in [9.17, 15) is 4.79 Å². The van der Waals surface area contributed by atoms with Gasteiger partial charge in [0.05, 0.1) is 18.4 Å². The summed E-state index contributed by atoms with van der Waals surface area (Å²) in [7, 11) is 1.39. The Morgan fingerprint density at radius 2 is 1.61 bits per heavy atom. The van der Waals surface area contributed by atoms with Gasteiger partial charge in [0.1, 0.15) is 11.5 Å². The van der Waals surface area contributed by atoms with E-state index in [2.05, 4.69) is 29.8 Å². The van der Waals surface area contributed by atoms with Crippen molar-refractivity contribution in [1.29, 1.82) is 0 Å². The molecule has 0 spiro atoms. The average Bonchev–Trinajstić information content (AvgIpc) is 3.26. The average molecular weight is 475 g/mol. The van der Waals surface area contributed by atoms with Crippen molar-refractivity contribution in [3.05, 3.63) is 126 Å². The molecule has 0 bridgehead atoms. The number of ether oxygens (including phenoxy) is 2. The lowest BCUT2D eigenvalue weighted by Gasteiger charge is -2.07. The van der Waals surface area contributed by atoms with E-state index in [0.717, 1.165) is 39.2 Å². The Bertz CT molecular complexity index is 1530. The minimum Gasteiger partial charge on any atom is -0.465 e. The van der Waals surface area contributed by atoms with Gasteiger partial charge in [0.15, 0.2) is 0 Å². The van der Waals surface area contributed by atoms with E-state index in [1.807, 2.05) is 85.1 Å². The van der Waals surface area contributed by atoms with Gasteiger partial charge < -0.3 is 14.0 Å². The normalized spacial score (nSPS) is 11.2. The number of aryl methyl sites for hydroxylation is 1. The van der Waals surface area contributed by atoms with E-state index in [-0.39, 0.29) is 5.97 Å². The molecular formula is C31H26N2O3. The van der Waals surface area contributed by atoms with Crippen molar-refractivity contribution < 1.29 is 14.3 Å². The van der Waals surface area contributed by atoms with Crippen LogP contribution in [0, 0.1) is 6.92 Å². The lowest BCUT2D eigenvalue weighted by Crippen LogP contribution is -2.03. The molecule has 0 aliphatic heterocycles. The highest BCUT2D eigenvalue weighted by atomic mass is 16.5. The Hall–Kier alpha value is -4.64. The summed E-state index contributed by atoms with van der Waals surface area (Å²) in [6, 6.07) is 31.5. The first-order valence-corrected chi connectivity index (χ1v) is 11.7. The van der Waals surface area contributed by atoms with Crippen molar-refractivity contribution in [2.75, 3.05) is 7.11 Å². The number of hydrogen-bond acceptors (Lipinski definition) is 4. The number of para-hydroxylation sites is 1. The van der Waals surface area contributed by atoms with Gasteiger partial charge in [0.2, 0.25) is 0 Å². The molecule has 0 atom stereocenters. The molecule has 0 radical (unpaired) electrons. The summed E-state index contributed by atoms with van der Waals surface area (Å²) >= 11 is 0. The number of aromatic nitrogens is 1. The quantitative estimate of drug-likeness (QED) is 0.183. The molecular weight excluding hydrogens is 448 g/mol.